The van der Waals surface area contributed by atoms with E-state index in [4.69, 9.17) is 0 Å². The van der Waals surface area contributed by atoms with Gasteiger partial charge in [-0.25, -0.2) is 0 Å². The molecular formula is C16H31N. The molecule has 0 radical (unpaired) electrons. The van der Waals surface area contributed by atoms with Crippen LogP contribution in [-0.2, 0) is 0 Å². The fourth-order valence-electron chi connectivity index (χ4n) is 1.64. The van der Waals surface area contributed by atoms with Gasteiger partial charge in [0.25, 0.3) is 0 Å². The zero-order valence-electron chi connectivity index (χ0n) is 12.3. The summed E-state index contributed by atoms with van der Waals surface area (Å²) in [6.45, 7) is 18.0. The molecule has 0 aromatic heterocycles. The van der Waals surface area contributed by atoms with Gasteiger partial charge in [0.05, 0.1) is 0 Å². The summed E-state index contributed by atoms with van der Waals surface area (Å²) in [7, 11) is 0. The Morgan fingerprint density at radius 3 is 1.82 bits per heavy atom. The number of hydrogen-bond donors (Lipinski definition) is 0. The van der Waals surface area contributed by atoms with Crippen molar-refractivity contribution in [2.24, 2.45) is 0 Å². The van der Waals surface area contributed by atoms with Crippen molar-refractivity contribution in [1.29, 1.82) is 0 Å². The van der Waals surface area contributed by atoms with Crippen LogP contribution in [0.5, 0.6) is 0 Å². The molecule has 0 saturated carbocycles. The molecule has 1 heterocycles. The minimum absolute atomic E-state index is 1.13. The second-order valence-corrected chi connectivity index (χ2v) is 3.49. The van der Waals surface area contributed by atoms with Crippen molar-refractivity contribution in [3.8, 4) is 0 Å². The molecule has 0 unspecified atom stereocenters. The van der Waals surface area contributed by atoms with Gasteiger partial charge in [-0.1, -0.05) is 65.8 Å². The lowest BCUT2D eigenvalue weighted by molar-refractivity contribution is 0.371. The number of rotatable bonds is 3. The minimum atomic E-state index is 1.13. The first-order valence-electron chi connectivity index (χ1n) is 7.07. The average Bonchev–Trinajstić information content (AvgIpc) is 2.69. The van der Waals surface area contributed by atoms with Gasteiger partial charge in [0, 0.05) is 18.8 Å². The summed E-state index contributed by atoms with van der Waals surface area (Å²) >= 11 is 0. The molecule has 0 spiro atoms. The molecule has 0 bridgehead atoms. The van der Waals surface area contributed by atoms with E-state index in [9.17, 15) is 0 Å². The Hall–Kier alpha value is -0.980. The third-order valence-corrected chi connectivity index (χ3v) is 2.44. The molecule has 0 amide bonds. The van der Waals surface area contributed by atoms with E-state index in [1.165, 1.54) is 38.8 Å². The highest BCUT2D eigenvalue weighted by Gasteiger charge is 2.07. The summed E-state index contributed by atoms with van der Waals surface area (Å²) < 4.78 is 0. The zero-order chi connectivity index (χ0) is 13.5. The molecule has 1 heteroatoms. The monoisotopic (exact) mass is 237 g/mol. The Labute approximate surface area is 109 Å². The fraction of sp³-hybridized carbons (Fsp3) is 0.625. The van der Waals surface area contributed by atoms with Crippen LogP contribution in [-0.4, -0.2) is 18.0 Å². The Balaban J connectivity index is 0. The molecule has 0 atom stereocenters. The quantitative estimate of drug-likeness (QED) is 0.612. The van der Waals surface area contributed by atoms with Crippen LogP contribution in [0, 0.1) is 0 Å². The number of hydrogen-bond acceptors (Lipinski definition) is 1. The molecule has 100 valence electrons. The van der Waals surface area contributed by atoms with Crippen LogP contribution in [0.3, 0.4) is 0 Å². The predicted octanol–water partition coefficient (Wildman–Crippen LogP) is 5.17. The first kappa shape index (κ1) is 18.4. The van der Waals surface area contributed by atoms with Crippen LogP contribution in [0.2, 0.25) is 0 Å². The first-order chi connectivity index (χ1) is 8.34. The minimum Gasteiger partial charge on any atom is -0.372 e. The molecule has 0 aromatic rings. The van der Waals surface area contributed by atoms with Gasteiger partial charge in [-0.15, -0.1) is 0 Å². The molecule has 1 rings (SSSR count). The summed E-state index contributed by atoms with van der Waals surface area (Å²) in [5, 5.41) is 0. The molecule has 17 heavy (non-hydrogen) atoms. The molecule has 1 nitrogen and oxygen atoms in total. The number of nitrogens with zero attached hydrogens (tertiary/aromatic N) is 1. The molecule has 0 N–H and O–H groups in total. The van der Waals surface area contributed by atoms with Gasteiger partial charge in [0.1, 0.15) is 0 Å². The first-order valence-corrected chi connectivity index (χ1v) is 7.07. The maximum atomic E-state index is 4.05. The number of allylic oxidation sites excluding steroid dienone is 3. The molecule has 0 aliphatic carbocycles. The third-order valence-electron chi connectivity index (χ3n) is 2.44. The van der Waals surface area contributed by atoms with Crippen LogP contribution in [0.25, 0.3) is 0 Å². The van der Waals surface area contributed by atoms with Crippen molar-refractivity contribution in [3.63, 3.8) is 0 Å². The molecule has 0 aromatic carbocycles. The topological polar surface area (TPSA) is 3.24 Å². The maximum absolute atomic E-state index is 4.05. The van der Waals surface area contributed by atoms with Gasteiger partial charge in [-0.2, -0.15) is 0 Å². The van der Waals surface area contributed by atoms with Gasteiger partial charge in [0.15, 0.2) is 0 Å². The van der Waals surface area contributed by atoms with Gasteiger partial charge >= 0.3 is 0 Å². The van der Waals surface area contributed by atoms with Crippen LogP contribution < -0.4 is 0 Å². The third kappa shape index (κ3) is 9.92. The van der Waals surface area contributed by atoms with Crippen molar-refractivity contribution in [3.05, 3.63) is 37.1 Å². The fourth-order valence-corrected chi connectivity index (χ4v) is 1.64. The summed E-state index contributed by atoms with van der Waals surface area (Å²) in [5.41, 5.74) is 1.13. The van der Waals surface area contributed by atoms with Gasteiger partial charge in [-0.3, -0.25) is 0 Å². The van der Waals surface area contributed by atoms with Crippen molar-refractivity contribution in [2.75, 3.05) is 13.1 Å². The van der Waals surface area contributed by atoms with E-state index in [1.807, 2.05) is 39.8 Å². The zero-order valence-corrected chi connectivity index (χ0v) is 12.3. The standard InChI is InChI=1S/C12H19N.2C2H6/c1-3-4-9-12(2)13-10-7-5-6-8-11-13;2*1-2/h3-4,9H,1-2,5-8,10-11H2;2*1-2H3/b9-4-;;. The van der Waals surface area contributed by atoms with E-state index < -0.39 is 0 Å². The molecule has 1 aliphatic rings. The van der Waals surface area contributed by atoms with Gasteiger partial charge in [0.2, 0.25) is 0 Å². The second-order valence-electron chi connectivity index (χ2n) is 3.49. The molecule has 1 fully saturated rings. The van der Waals surface area contributed by atoms with Crippen molar-refractivity contribution >= 4 is 0 Å². The Morgan fingerprint density at radius 1 is 0.941 bits per heavy atom. The van der Waals surface area contributed by atoms with Crippen LogP contribution in [0.1, 0.15) is 53.4 Å². The largest absolute Gasteiger partial charge is 0.372 e. The van der Waals surface area contributed by atoms with E-state index in [2.05, 4.69) is 18.1 Å². The SMILES string of the molecule is C=C/C=C\C(=C)N1CCCCCC1.CC.CC. The molecular weight excluding hydrogens is 206 g/mol. The van der Waals surface area contributed by atoms with E-state index in [0.717, 1.165) is 5.70 Å². The number of likely N-dealkylation sites (tertiary alicyclic amines) is 1. The van der Waals surface area contributed by atoms with E-state index in [0.29, 0.717) is 0 Å². The van der Waals surface area contributed by atoms with Crippen molar-refractivity contribution in [1.82, 2.24) is 4.90 Å². The van der Waals surface area contributed by atoms with Crippen LogP contribution >= 0.6 is 0 Å². The lowest BCUT2D eigenvalue weighted by atomic mass is 10.2. The summed E-state index contributed by atoms with van der Waals surface area (Å²) in [4.78, 5) is 2.37. The van der Waals surface area contributed by atoms with E-state index in [1.54, 1.807) is 6.08 Å². The highest BCUT2D eigenvalue weighted by molar-refractivity contribution is 5.17. The van der Waals surface area contributed by atoms with Crippen molar-refractivity contribution < 1.29 is 0 Å². The van der Waals surface area contributed by atoms with Crippen molar-refractivity contribution in [2.45, 2.75) is 53.4 Å². The smallest absolute Gasteiger partial charge is 0.0293 e. The Kier molecular flexibility index (Phi) is 16.2. The van der Waals surface area contributed by atoms with Crippen LogP contribution in [0.4, 0.5) is 0 Å². The summed E-state index contributed by atoms with van der Waals surface area (Å²) in [5.74, 6) is 0. The van der Waals surface area contributed by atoms with E-state index >= 15 is 0 Å². The predicted molar refractivity (Wildman–Crippen MR) is 81.2 cm³/mol. The summed E-state index contributed by atoms with van der Waals surface area (Å²) in [6, 6.07) is 0. The average molecular weight is 237 g/mol. The highest BCUT2D eigenvalue weighted by atomic mass is 15.1. The molecule has 1 aliphatic heterocycles. The van der Waals surface area contributed by atoms with E-state index in [-0.39, 0.29) is 0 Å². The second kappa shape index (κ2) is 15.0. The van der Waals surface area contributed by atoms with Gasteiger partial charge in [-0.05, 0) is 18.9 Å². The normalized spacial score (nSPS) is 14.9. The summed E-state index contributed by atoms with van der Waals surface area (Å²) in [6.07, 6.45) is 11.1. The molecule has 1 saturated heterocycles. The lowest BCUT2D eigenvalue weighted by Gasteiger charge is -2.22. The van der Waals surface area contributed by atoms with Gasteiger partial charge < -0.3 is 4.90 Å². The van der Waals surface area contributed by atoms with Crippen LogP contribution in [0.15, 0.2) is 37.1 Å². The Bertz CT molecular complexity index is 196. The maximum Gasteiger partial charge on any atom is 0.0293 e. The Morgan fingerprint density at radius 2 is 1.41 bits per heavy atom. The lowest BCUT2D eigenvalue weighted by Crippen LogP contribution is -2.22. The highest BCUT2D eigenvalue weighted by Crippen LogP contribution is 2.14.